The van der Waals surface area contributed by atoms with Crippen molar-refractivity contribution in [3.8, 4) is 0 Å². The Morgan fingerprint density at radius 1 is 1.00 bits per heavy atom. The Morgan fingerprint density at radius 3 is 2.54 bits per heavy atom. The first-order valence-corrected chi connectivity index (χ1v) is 15.6. The summed E-state index contributed by atoms with van der Waals surface area (Å²) in [6.07, 6.45) is 6.73. The molecule has 0 radical (unpaired) electrons. The fraction of sp³-hybridized carbons (Fsp3) is 0.364. The highest BCUT2D eigenvalue weighted by atomic mass is 16.2. The van der Waals surface area contributed by atoms with E-state index in [-0.39, 0.29) is 36.1 Å². The molecular weight excluding hydrogens is 586 g/mol. The summed E-state index contributed by atoms with van der Waals surface area (Å²) in [5.74, 6) is -2.07. The number of allylic oxidation sites excluding steroid dienone is 1. The zero-order chi connectivity index (χ0) is 31.9. The SMILES string of the molecule is CN1CCN(c2ccc3ncc(C(C=NC4CC(Nc5ccc6c(c5)C(=O)N(C5CCC(=O)NC5=O)C6=O)C4)=CN)nc3c2)CC1. The van der Waals surface area contributed by atoms with Gasteiger partial charge < -0.3 is 20.9 Å². The number of nitrogens with two attached hydrogens (primary N) is 1. The number of fused-ring (bicyclic) bond motifs is 2. The number of hydrogen-bond donors (Lipinski definition) is 3. The highest BCUT2D eigenvalue weighted by molar-refractivity contribution is 6.23. The molecule has 2 aromatic carbocycles. The minimum Gasteiger partial charge on any atom is -0.404 e. The van der Waals surface area contributed by atoms with Gasteiger partial charge in [0.25, 0.3) is 11.8 Å². The van der Waals surface area contributed by atoms with Gasteiger partial charge in [-0.25, -0.2) is 4.98 Å². The summed E-state index contributed by atoms with van der Waals surface area (Å²) < 4.78 is 0. The summed E-state index contributed by atoms with van der Waals surface area (Å²) in [6, 6.07) is 10.4. The number of piperidine rings is 1. The second-order valence-electron chi connectivity index (χ2n) is 12.3. The molecule has 1 atom stereocenters. The van der Waals surface area contributed by atoms with Crippen molar-refractivity contribution in [2.45, 2.75) is 43.8 Å². The van der Waals surface area contributed by atoms with Crippen LogP contribution in [0.15, 0.2) is 53.8 Å². The van der Waals surface area contributed by atoms with Crippen LogP contribution in [-0.2, 0) is 9.59 Å². The topological polar surface area (TPSA) is 166 Å². The molecule has 4 N–H and O–H groups in total. The Bertz CT molecular complexity index is 1810. The first-order chi connectivity index (χ1) is 22.3. The van der Waals surface area contributed by atoms with Crippen molar-refractivity contribution in [2.24, 2.45) is 10.7 Å². The molecule has 236 valence electrons. The number of likely N-dealkylation sites (N-methyl/N-ethyl adjacent to an activating group) is 1. The fourth-order valence-corrected chi connectivity index (χ4v) is 6.40. The smallest absolute Gasteiger partial charge is 0.262 e. The standard InChI is InChI=1S/C33H35N9O4/c1-40-8-10-41(11-9-40)23-3-5-26-27(15-23)38-28(18-36-26)19(16-34)17-35-21-12-22(13-21)37-20-2-4-24-25(14-20)33(46)42(32(24)45)29-6-7-30(43)39-31(29)44/h2-5,14-18,21-22,29,37H,6-13,34H2,1H3,(H,39,43,44). The van der Waals surface area contributed by atoms with Crippen LogP contribution < -0.4 is 21.3 Å². The van der Waals surface area contributed by atoms with Gasteiger partial charge in [-0.1, -0.05) is 0 Å². The number of nitrogens with zero attached hydrogens (tertiary/aromatic N) is 6. The molecule has 1 aliphatic carbocycles. The van der Waals surface area contributed by atoms with Crippen LogP contribution in [-0.4, -0.2) is 101 Å². The number of anilines is 2. The second kappa shape index (κ2) is 12.0. The van der Waals surface area contributed by atoms with Crippen LogP contribution >= 0.6 is 0 Å². The Balaban J connectivity index is 0.965. The molecule has 1 saturated carbocycles. The van der Waals surface area contributed by atoms with E-state index in [0.29, 0.717) is 17.0 Å². The normalized spacial score (nSPS) is 24.0. The van der Waals surface area contributed by atoms with Crippen molar-refractivity contribution in [3.05, 3.63) is 65.6 Å². The van der Waals surface area contributed by atoms with E-state index in [0.717, 1.165) is 60.6 Å². The van der Waals surface area contributed by atoms with E-state index in [1.165, 1.54) is 6.20 Å². The summed E-state index contributed by atoms with van der Waals surface area (Å²) in [5, 5.41) is 5.64. The van der Waals surface area contributed by atoms with Crippen molar-refractivity contribution in [2.75, 3.05) is 43.4 Å². The maximum atomic E-state index is 13.1. The van der Waals surface area contributed by atoms with Crippen LogP contribution in [0.3, 0.4) is 0 Å². The molecule has 3 aliphatic heterocycles. The number of benzene rings is 2. The molecule has 46 heavy (non-hydrogen) atoms. The van der Waals surface area contributed by atoms with Gasteiger partial charge in [-0.05, 0) is 62.7 Å². The molecule has 0 spiro atoms. The molecular formula is C33H35N9O4. The molecule has 3 fully saturated rings. The molecule has 0 bridgehead atoms. The summed E-state index contributed by atoms with van der Waals surface area (Å²) in [7, 11) is 2.14. The van der Waals surface area contributed by atoms with Crippen molar-refractivity contribution in [1.82, 2.24) is 25.1 Å². The number of aliphatic imine (C=N–C) groups is 1. The quantitative estimate of drug-likeness (QED) is 0.262. The molecule has 1 aromatic heterocycles. The molecule has 7 rings (SSSR count). The zero-order valence-corrected chi connectivity index (χ0v) is 25.5. The van der Waals surface area contributed by atoms with Crippen LogP contribution in [0, 0.1) is 0 Å². The van der Waals surface area contributed by atoms with Crippen LogP contribution in [0.5, 0.6) is 0 Å². The summed E-state index contributed by atoms with van der Waals surface area (Å²) in [6.45, 7) is 3.99. The van der Waals surface area contributed by atoms with E-state index >= 15 is 0 Å². The van der Waals surface area contributed by atoms with Crippen LogP contribution in [0.25, 0.3) is 16.6 Å². The predicted octanol–water partition coefficient (Wildman–Crippen LogP) is 1.80. The Labute approximate surface area is 265 Å². The average Bonchev–Trinajstić information content (AvgIpc) is 3.28. The Morgan fingerprint density at radius 2 is 1.78 bits per heavy atom. The highest BCUT2D eigenvalue weighted by Gasteiger charge is 2.44. The Hall–Kier alpha value is -5.17. The maximum Gasteiger partial charge on any atom is 0.262 e. The first kappa shape index (κ1) is 29.5. The van der Waals surface area contributed by atoms with Crippen LogP contribution in [0.4, 0.5) is 11.4 Å². The van der Waals surface area contributed by atoms with E-state index in [2.05, 4.69) is 44.6 Å². The number of carbonyl (C=O) groups is 4. The van der Waals surface area contributed by atoms with Crippen molar-refractivity contribution < 1.29 is 19.2 Å². The highest BCUT2D eigenvalue weighted by Crippen LogP contribution is 2.32. The van der Waals surface area contributed by atoms with Gasteiger partial charge in [-0.15, -0.1) is 0 Å². The third kappa shape index (κ3) is 5.58. The Kier molecular flexibility index (Phi) is 7.69. The summed E-state index contributed by atoms with van der Waals surface area (Å²) >= 11 is 0. The third-order valence-electron chi connectivity index (χ3n) is 9.22. The van der Waals surface area contributed by atoms with Gasteiger partial charge in [0.1, 0.15) is 6.04 Å². The summed E-state index contributed by atoms with van der Waals surface area (Å²) in [5.41, 5.74) is 11.3. The van der Waals surface area contributed by atoms with Crippen molar-refractivity contribution in [1.29, 1.82) is 0 Å². The summed E-state index contributed by atoms with van der Waals surface area (Å²) in [4.78, 5) is 69.8. The van der Waals surface area contributed by atoms with Crippen molar-refractivity contribution in [3.63, 3.8) is 0 Å². The van der Waals surface area contributed by atoms with E-state index < -0.39 is 29.7 Å². The predicted molar refractivity (Wildman–Crippen MR) is 173 cm³/mol. The minimum absolute atomic E-state index is 0.0815. The minimum atomic E-state index is -0.987. The lowest BCUT2D eigenvalue weighted by Gasteiger charge is -2.34. The molecule has 2 saturated heterocycles. The van der Waals surface area contributed by atoms with Gasteiger partial charge in [0.15, 0.2) is 0 Å². The number of imide groups is 2. The van der Waals surface area contributed by atoms with Crippen LogP contribution in [0.2, 0.25) is 0 Å². The molecule has 4 aliphatic rings. The fourth-order valence-electron chi connectivity index (χ4n) is 6.40. The van der Waals surface area contributed by atoms with E-state index in [1.807, 2.05) is 6.07 Å². The number of amides is 4. The largest absolute Gasteiger partial charge is 0.404 e. The van der Waals surface area contributed by atoms with Gasteiger partial charge >= 0.3 is 0 Å². The average molecular weight is 622 g/mol. The lowest BCUT2D eigenvalue weighted by atomic mass is 9.87. The molecule has 13 nitrogen and oxygen atoms in total. The lowest BCUT2D eigenvalue weighted by Crippen LogP contribution is -2.54. The molecule has 3 aromatic rings. The van der Waals surface area contributed by atoms with E-state index in [9.17, 15) is 19.2 Å². The lowest BCUT2D eigenvalue weighted by molar-refractivity contribution is -0.136. The number of hydrogen-bond acceptors (Lipinski definition) is 11. The molecule has 1 unspecified atom stereocenters. The van der Waals surface area contributed by atoms with Gasteiger partial charge in [0.05, 0.1) is 40.1 Å². The molecule has 4 amide bonds. The number of rotatable bonds is 7. The monoisotopic (exact) mass is 621 g/mol. The first-order valence-electron chi connectivity index (χ1n) is 15.6. The molecule has 13 heteroatoms. The van der Waals surface area contributed by atoms with E-state index in [1.54, 1.807) is 30.6 Å². The van der Waals surface area contributed by atoms with Crippen molar-refractivity contribution >= 4 is 57.8 Å². The number of aromatic nitrogens is 2. The third-order valence-corrected chi connectivity index (χ3v) is 9.22. The van der Waals surface area contributed by atoms with Gasteiger partial charge in [0.2, 0.25) is 11.8 Å². The van der Waals surface area contributed by atoms with Gasteiger partial charge in [-0.2, -0.15) is 0 Å². The van der Waals surface area contributed by atoms with Gasteiger partial charge in [0, 0.05) is 68.0 Å². The maximum absolute atomic E-state index is 13.1. The van der Waals surface area contributed by atoms with Gasteiger partial charge in [-0.3, -0.25) is 39.4 Å². The van der Waals surface area contributed by atoms with Crippen LogP contribution in [0.1, 0.15) is 52.1 Å². The number of carbonyl (C=O) groups excluding carboxylic acids is 4. The number of nitrogens with one attached hydrogen (secondary N) is 2. The zero-order valence-electron chi connectivity index (χ0n) is 25.5. The van der Waals surface area contributed by atoms with E-state index in [4.69, 9.17) is 15.7 Å². The second-order valence-corrected chi connectivity index (χ2v) is 12.3. The number of piperazine rings is 1. The molecule has 4 heterocycles.